The molecule has 0 saturated carbocycles. The minimum absolute atomic E-state index is 0.0935. The lowest BCUT2D eigenvalue weighted by Crippen LogP contribution is -2.12. The summed E-state index contributed by atoms with van der Waals surface area (Å²) in [5.41, 5.74) is 0.676. The molecule has 0 unspecified atom stereocenters. The Morgan fingerprint density at radius 1 is 0.893 bits per heavy atom. The second kappa shape index (κ2) is 7.59. The number of benzene rings is 3. The highest BCUT2D eigenvalue weighted by Crippen LogP contribution is 2.42. The molecule has 3 aromatic carbocycles. The Bertz CT molecular complexity index is 1030. The van der Waals surface area contributed by atoms with E-state index in [0.29, 0.717) is 11.3 Å². The molecule has 0 heterocycles. The van der Waals surface area contributed by atoms with E-state index in [9.17, 15) is 20.2 Å². The van der Waals surface area contributed by atoms with Gasteiger partial charge in [-0.05, 0) is 27.3 Å². The van der Waals surface area contributed by atoms with Gasteiger partial charge in [0.25, 0.3) is 11.4 Å². The first-order valence-electron chi connectivity index (χ1n) is 8.75. The van der Waals surface area contributed by atoms with E-state index in [1.807, 2.05) is 63.2 Å². The smallest absolute Gasteiger partial charge is 0.258 e. The highest BCUT2D eigenvalue weighted by Gasteiger charge is 2.30. The molecular weight excluding hydrogens is 376 g/mol. The number of rotatable bonds is 5. The van der Waals surface area contributed by atoms with Crippen molar-refractivity contribution in [3.05, 3.63) is 86.0 Å². The number of nitro benzene ring substituents is 2. The van der Waals surface area contributed by atoms with E-state index >= 15 is 0 Å². The van der Waals surface area contributed by atoms with Gasteiger partial charge >= 0.3 is 0 Å². The molecule has 3 rings (SSSR count). The van der Waals surface area contributed by atoms with Crippen molar-refractivity contribution < 1.29 is 9.85 Å². The molecule has 0 aliphatic rings. The Hall–Kier alpha value is -2.93. The molecule has 0 radical (unpaired) electrons. The first-order valence-corrected chi connectivity index (χ1v) is 9.74. The van der Waals surface area contributed by atoms with Crippen molar-refractivity contribution in [1.29, 1.82) is 0 Å². The Kier molecular flexibility index (Phi) is 5.38. The van der Waals surface area contributed by atoms with Crippen molar-refractivity contribution in [2.75, 3.05) is 0 Å². The molecule has 0 spiro atoms. The summed E-state index contributed by atoms with van der Waals surface area (Å²) in [4.78, 5) is 22.4. The molecule has 0 aliphatic heterocycles. The minimum atomic E-state index is -0.534. The summed E-state index contributed by atoms with van der Waals surface area (Å²) < 4.78 is 0. The average molecular weight is 396 g/mol. The molecule has 0 amide bonds. The van der Waals surface area contributed by atoms with Gasteiger partial charge in [0, 0.05) is 17.9 Å². The SMILES string of the molecule is CC(C)(C)c1cc([N+](=O)[O-])c(SCc2cccc3ccccc23)c([N+](=O)[O-])c1. The predicted octanol–water partition coefficient (Wildman–Crippen LogP) is 6.25. The number of hydrogen-bond acceptors (Lipinski definition) is 5. The van der Waals surface area contributed by atoms with Gasteiger partial charge in [0.2, 0.25) is 0 Å². The number of hydrogen-bond donors (Lipinski definition) is 0. The topological polar surface area (TPSA) is 86.3 Å². The molecule has 3 aromatic rings. The monoisotopic (exact) mass is 396 g/mol. The fourth-order valence-electron chi connectivity index (χ4n) is 3.02. The van der Waals surface area contributed by atoms with Gasteiger partial charge in [0.15, 0.2) is 4.90 Å². The van der Waals surface area contributed by atoms with Gasteiger partial charge in [-0.25, -0.2) is 0 Å². The summed E-state index contributed by atoms with van der Waals surface area (Å²) in [6, 6.07) is 16.6. The predicted molar refractivity (Wildman–Crippen MR) is 112 cm³/mol. The van der Waals surface area contributed by atoms with Gasteiger partial charge in [0.05, 0.1) is 9.85 Å². The first-order chi connectivity index (χ1) is 13.2. The van der Waals surface area contributed by atoms with Crippen molar-refractivity contribution in [3.63, 3.8) is 0 Å². The third-order valence-corrected chi connectivity index (χ3v) is 5.72. The van der Waals surface area contributed by atoms with Crippen molar-refractivity contribution in [3.8, 4) is 0 Å². The number of nitro groups is 2. The average Bonchev–Trinajstić information content (AvgIpc) is 2.64. The highest BCUT2D eigenvalue weighted by molar-refractivity contribution is 7.98. The molecule has 0 aliphatic carbocycles. The molecule has 0 bridgehead atoms. The van der Waals surface area contributed by atoms with Crippen LogP contribution in [-0.2, 0) is 11.2 Å². The summed E-state index contributed by atoms with van der Waals surface area (Å²) in [5, 5.41) is 25.4. The maximum atomic E-state index is 11.7. The van der Waals surface area contributed by atoms with Crippen LogP contribution < -0.4 is 0 Å². The number of fused-ring (bicyclic) bond motifs is 1. The first kappa shape index (κ1) is 19.8. The van der Waals surface area contributed by atoms with E-state index in [1.54, 1.807) is 0 Å². The lowest BCUT2D eigenvalue weighted by Gasteiger charge is -2.19. The number of thioether (sulfide) groups is 1. The lowest BCUT2D eigenvalue weighted by atomic mass is 9.86. The quantitative estimate of drug-likeness (QED) is 0.289. The van der Waals surface area contributed by atoms with E-state index in [4.69, 9.17) is 0 Å². The Morgan fingerprint density at radius 2 is 1.46 bits per heavy atom. The van der Waals surface area contributed by atoms with Crippen LogP contribution >= 0.6 is 11.8 Å². The van der Waals surface area contributed by atoms with Gasteiger partial charge in [-0.15, -0.1) is 11.8 Å². The van der Waals surface area contributed by atoms with Crippen LogP contribution in [-0.4, -0.2) is 9.85 Å². The van der Waals surface area contributed by atoms with Gasteiger partial charge in [-0.2, -0.15) is 0 Å². The molecule has 28 heavy (non-hydrogen) atoms. The molecule has 0 atom stereocenters. The van der Waals surface area contributed by atoms with Gasteiger partial charge in [-0.1, -0.05) is 63.2 Å². The van der Waals surface area contributed by atoms with E-state index in [0.717, 1.165) is 28.1 Å². The Morgan fingerprint density at radius 3 is 2.04 bits per heavy atom. The molecule has 0 fully saturated rings. The third kappa shape index (κ3) is 3.99. The Labute approximate surface area is 166 Å². The van der Waals surface area contributed by atoms with E-state index in [1.165, 1.54) is 12.1 Å². The van der Waals surface area contributed by atoms with E-state index < -0.39 is 15.3 Å². The molecular formula is C21H20N2O4S. The summed E-state index contributed by atoms with van der Waals surface area (Å²) in [7, 11) is 0. The summed E-state index contributed by atoms with van der Waals surface area (Å²) in [6.45, 7) is 5.62. The number of nitrogens with zero attached hydrogens (tertiary/aromatic N) is 2. The summed E-state index contributed by atoms with van der Waals surface area (Å²) in [5.74, 6) is 0.401. The summed E-state index contributed by atoms with van der Waals surface area (Å²) >= 11 is 1.13. The van der Waals surface area contributed by atoms with E-state index in [-0.39, 0.29) is 16.3 Å². The van der Waals surface area contributed by atoms with Crippen molar-refractivity contribution >= 4 is 33.9 Å². The van der Waals surface area contributed by atoms with E-state index in [2.05, 4.69) is 0 Å². The van der Waals surface area contributed by atoms with Gasteiger partial charge in [0.1, 0.15) is 0 Å². The Balaban J connectivity index is 2.07. The van der Waals surface area contributed by atoms with Crippen LogP contribution in [0.3, 0.4) is 0 Å². The molecule has 7 heteroatoms. The second-order valence-corrected chi connectivity index (χ2v) is 8.52. The van der Waals surface area contributed by atoms with Crippen LogP contribution in [0.2, 0.25) is 0 Å². The standard InChI is InChI=1S/C21H20N2O4S/c1-21(2,3)16-11-18(22(24)25)20(19(12-16)23(26)27)28-13-15-9-6-8-14-7-4-5-10-17(14)15/h4-12H,13H2,1-3H3. The highest BCUT2D eigenvalue weighted by atomic mass is 32.2. The normalized spacial score (nSPS) is 11.5. The van der Waals surface area contributed by atoms with Gasteiger partial charge < -0.3 is 0 Å². The maximum Gasteiger partial charge on any atom is 0.290 e. The van der Waals surface area contributed by atoms with Crippen LogP contribution in [0.4, 0.5) is 11.4 Å². The zero-order chi connectivity index (χ0) is 20.5. The molecule has 6 nitrogen and oxygen atoms in total. The molecule has 0 saturated heterocycles. The fourth-order valence-corrected chi connectivity index (χ4v) is 4.13. The fraction of sp³-hybridized carbons (Fsp3) is 0.238. The lowest BCUT2D eigenvalue weighted by molar-refractivity contribution is -0.399. The van der Waals surface area contributed by atoms with Crippen LogP contribution in [0, 0.1) is 20.2 Å². The zero-order valence-corrected chi connectivity index (χ0v) is 16.7. The largest absolute Gasteiger partial charge is 0.290 e. The van der Waals surface area contributed by atoms with Crippen LogP contribution in [0.5, 0.6) is 0 Å². The van der Waals surface area contributed by atoms with Crippen molar-refractivity contribution in [2.24, 2.45) is 0 Å². The summed E-state index contributed by atoms with van der Waals surface area (Å²) in [6.07, 6.45) is 0. The van der Waals surface area contributed by atoms with Crippen molar-refractivity contribution in [1.82, 2.24) is 0 Å². The van der Waals surface area contributed by atoms with Crippen LogP contribution in [0.25, 0.3) is 10.8 Å². The van der Waals surface area contributed by atoms with Crippen molar-refractivity contribution in [2.45, 2.75) is 36.8 Å². The maximum absolute atomic E-state index is 11.7. The molecule has 144 valence electrons. The minimum Gasteiger partial charge on any atom is -0.258 e. The van der Waals surface area contributed by atoms with Crippen LogP contribution in [0.15, 0.2) is 59.5 Å². The zero-order valence-electron chi connectivity index (χ0n) is 15.8. The van der Waals surface area contributed by atoms with Crippen LogP contribution in [0.1, 0.15) is 31.9 Å². The molecule has 0 N–H and O–H groups in total. The van der Waals surface area contributed by atoms with Gasteiger partial charge in [-0.3, -0.25) is 20.2 Å². The second-order valence-electron chi connectivity index (χ2n) is 7.53. The molecule has 0 aromatic heterocycles. The third-order valence-electron chi connectivity index (χ3n) is 4.56.